The quantitative estimate of drug-likeness (QED) is 0.838. The highest BCUT2D eigenvalue weighted by molar-refractivity contribution is 5.42. The first kappa shape index (κ1) is 14.9. The molecule has 0 amide bonds. The molecule has 0 saturated heterocycles. The van der Waals surface area contributed by atoms with Gasteiger partial charge in [0, 0.05) is 37.4 Å². The van der Waals surface area contributed by atoms with Crippen LogP contribution in [0, 0.1) is 5.82 Å². The molecule has 1 rings (SSSR count). The van der Waals surface area contributed by atoms with Gasteiger partial charge >= 0.3 is 0 Å². The molecule has 18 heavy (non-hydrogen) atoms. The molecule has 2 N–H and O–H groups in total. The van der Waals surface area contributed by atoms with E-state index in [4.69, 9.17) is 5.11 Å². The zero-order valence-corrected chi connectivity index (χ0v) is 11.5. The molecule has 0 saturated carbocycles. The van der Waals surface area contributed by atoms with Gasteiger partial charge in [0.05, 0.1) is 6.61 Å². The highest BCUT2D eigenvalue weighted by atomic mass is 19.1. The lowest BCUT2D eigenvalue weighted by Crippen LogP contribution is -2.35. The first-order valence-electron chi connectivity index (χ1n) is 6.05. The van der Waals surface area contributed by atoms with Crippen LogP contribution in [-0.2, 0) is 6.54 Å². The van der Waals surface area contributed by atoms with Crippen LogP contribution >= 0.6 is 0 Å². The molecule has 0 bridgehead atoms. The van der Waals surface area contributed by atoms with Crippen molar-refractivity contribution >= 4 is 5.82 Å². The Morgan fingerprint density at radius 1 is 1.44 bits per heavy atom. The number of hydrogen-bond acceptors (Lipinski definition) is 4. The summed E-state index contributed by atoms with van der Waals surface area (Å²) in [4.78, 5) is 5.62. The molecule has 4 nitrogen and oxygen atoms in total. The van der Waals surface area contributed by atoms with Crippen LogP contribution < -0.4 is 10.2 Å². The maximum absolute atomic E-state index is 14.2. The maximum Gasteiger partial charge on any atom is 0.170 e. The summed E-state index contributed by atoms with van der Waals surface area (Å²) < 4.78 is 14.2. The van der Waals surface area contributed by atoms with Crippen LogP contribution in [0.1, 0.15) is 26.3 Å². The fourth-order valence-corrected chi connectivity index (χ4v) is 1.49. The summed E-state index contributed by atoms with van der Waals surface area (Å²) in [5, 5.41) is 12.1. The first-order valence-corrected chi connectivity index (χ1v) is 6.05. The average molecular weight is 255 g/mol. The summed E-state index contributed by atoms with van der Waals surface area (Å²) in [6.45, 7) is 6.89. The van der Waals surface area contributed by atoms with Gasteiger partial charge in [0.15, 0.2) is 11.6 Å². The third-order valence-corrected chi connectivity index (χ3v) is 2.56. The van der Waals surface area contributed by atoms with E-state index in [0.717, 1.165) is 0 Å². The van der Waals surface area contributed by atoms with E-state index in [1.165, 1.54) is 0 Å². The lowest BCUT2D eigenvalue weighted by molar-refractivity contribution is 0.303. The fourth-order valence-electron chi connectivity index (χ4n) is 1.49. The molecule has 0 unspecified atom stereocenters. The monoisotopic (exact) mass is 255 g/mol. The summed E-state index contributed by atoms with van der Waals surface area (Å²) in [6, 6.07) is 1.67. The summed E-state index contributed by atoms with van der Waals surface area (Å²) in [7, 11) is 1.71. The highest BCUT2D eigenvalue weighted by Gasteiger charge is 2.15. The van der Waals surface area contributed by atoms with Crippen molar-refractivity contribution in [2.45, 2.75) is 32.9 Å². The Hall–Kier alpha value is -1.20. The predicted octanol–water partition coefficient (Wildman–Crippen LogP) is 1.54. The third-order valence-electron chi connectivity index (χ3n) is 2.56. The van der Waals surface area contributed by atoms with E-state index in [2.05, 4.69) is 10.3 Å². The number of aliphatic hydroxyl groups is 1. The summed E-state index contributed by atoms with van der Waals surface area (Å²) >= 11 is 0. The van der Waals surface area contributed by atoms with Crippen LogP contribution in [0.2, 0.25) is 0 Å². The van der Waals surface area contributed by atoms with Crippen molar-refractivity contribution in [2.24, 2.45) is 0 Å². The number of likely N-dealkylation sites (N-methyl/N-ethyl adjacent to an activating group) is 1. The first-order chi connectivity index (χ1) is 8.35. The molecule has 1 aromatic rings. The van der Waals surface area contributed by atoms with Gasteiger partial charge in [-0.05, 0) is 26.8 Å². The molecule has 0 radical (unpaired) electrons. The van der Waals surface area contributed by atoms with Crippen molar-refractivity contribution in [3.05, 3.63) is 23.6 Å². The number of anilines is 1. The lowest BCUT2D eigenvalue weighted by Gasteiger charge is -2.22. The van der Waals surface area contributed by atoms with Gasteiger partial charge in [-0.15, -0.1) is 0 Å². The molecule has 0 aliphatic rings. The van der Waals surface area contributed by atoms with Crippen LogP contribution in [0.4, 0.5) is 10.2 Å². The van der Waals surface area contributed by atoms with E-state index >= 15 is 0 Å². The van der Waals surface area contributed by atoms with Crippen molar-refractivity contribution in [2.75, 3.05) is 25.1 Å². The van der Waals surface area contributed by atoms with Crippen LogP contribution in [0.3, 0.4) is 0 Å². The summed E-state index contributed by atoms with van der Waals surface area (Å²) in [5.74, 6) is -0.0533. The number of pyridine rings is 1. The molecule has 0 spiro atoms. The zero-order valence-electron chi connectivity index (χ0n) is 11.5. The number of aromatic nitrogens is 1. The molecule has 0 atom stereocenters. The predicted molar refractivity (Wildman–Crippen MR) is 71.1 cm³/mol. The average Bonchev–Trinajstić information content (AvgIpc) is 2.26. The zero-order chi connectivity index (χ0) is 13.8. The van der Waals surface area contributed by atoms with Gasteiger partial charge in [0.2, 0.25) is 0 Å². The number of nitrogens with one attached hydrogen (secondary N) is 1. The van der Waals surface area contributed by atoms with E-state index in [-0.39, 0.29) is 23.8 Å². The van der Waals surface area contributed by atoms with Crippen LogP contribution in [0.5, 0.6) is 0 Å². The smallest absolute Gasteiger partial charge is 0.170 e. The minimum Gasteiger partial charge on any atom is -0.395 e. The van der Waals surface area contributed by atoms with Crippen molar-refractivity contribution in [1.29, 1.82) is 0 Å². The Morgan fingerprint density at radius 3 is 2.67 bits per heavy atom. The van der Waals surface area contributed by atoms with Crippen molar-refractivity contribution in [3.8, 4) is 0 Å². The van der Waals surface area contributed by atoms with Crippen molar-refractivity contribution < 1.29 is 9.50 Å². The summed E-state index contributed by atoms with van der Waals surface area (Å²) in [5.41, 5.74) is 0.520. The number of rotatable bonds is 5. The second-order valence-corrected chi connectivity index (χ2v) is 5.36. The van der Waals surface area contributed by atoms with Crippen molar-refractivity contribution in [1.82, 2.24) is 10.3 Å². The van der Waals surface area contributed by atoms with Crippen molar-refractivity contribution in [3.63, 3.8) is 0 Å². The van der Waals surface area contributed by atoms with Gasteiger partial charge in [-0.3, -0.25) is 0 Å². The number of aliphatic hydroxyl groups excluding tert-OH is 1. The van der Waals surface area contributed by atoms with Gasteiger partial charge < -0.3 is 15.3 Å². The van der Waals surface area contributed by atoms with Crippen LogP contribution in [0.15, 0.2) is 12.3 Å². The van der Waals surface area contributed by atoms with E-state index in [1.807, 2.05) is 20.8 Å². The van der Waals surface area contributed by atoms with E-state index in [9.17, 15) is 4.39 Å². The lowest BCUT2D eigenvalue weighted by atomic mass is 10.1. The Labute approximate surface area is 108 Å². The SMILES string of the molecule is CN(CCO)c1nccc(CNC(C)(C)C)c1F. The second-order valence-electron chi connectivity index (χ2n) is 5.36. The molecule has 0 aromatic carbocycles. The molecule has 5 heteroatoms. The van der Waals surface area contributed by atoms with Gasteiger partial charge in [0.1, 0.15) is 0 Å². The standard InChI is InChI=1S/C13H22FN3O/c1-13(2,3)16-9-10-5-6-15-12(11(10)14)17(4)7-8-18/h5-6,16,18H,7-9H2,1-4H3. The van der Waals surface area contributed by atoms with Gasteiger partial charge in [-0.1, -0.05) is 0 Å². The number of nitrogens with zero attached hydrogens (tertiary/aromatic N) is 2. The molecule has 1 aromatic heterocycles. The van der Waals surface area contributed by atoms with Crippen LogP contribution in [0.25, 0.3) is 0 Å². The Balaban J connectivity index is 2.85. The minimum absolute atomic E-state index is 0.0257. The Morgan fingerprint density at radius 2 is 2.11 bits per heavy atom. The van der Waals surface area contributed by atoms with E-state index in [0.29, 0.717) is 18.7 Å². The highest BCUT2D eigenvalue weighted by Crippen LogP contribution is 2.18. The molecule has 0 fully saturated rings. The topological polar surface area (TPSA) is 48.4 Å². The molecule has 1 heterocycles. The van der Waals surface area contributed by atoms with Gasteiger partial charge in [-0.25, -0.2) is 9.37 Å². The van der Waals surface area contributed by atoms with Gasteiger partial charge in [-0.2, -0.15) is 0 Å². The largest absolute Gasteiger partial charge is 0.395 e. The summed E-state index contributed by atoms with van der Waals surface area (Å²) in [6.07, 6.45) is 1.59. The maximum atomic E-state index is 14.2. The minimum atomic E-state index is -0.329. The van der Waals surface area contributed by atoms with E-state index in [1.54, 1.807) is 24.2 Å². The van der Waals surface area contributed by atoms with E-state index < -0.39 is 0 Å². The Kier molecular flexibility index (Phi) is 5.04. The number of hydrogen-bond donors (Lipinski definition) is 2. The third kappa shape index (κ3) is 4.23. The molecule has 0 aliphatic carbocycles. The molecular formula is C13H22FN3O. The molecular weight excluding hydrogens is 233 g/mol. The molecule has 102 valence electrons. The van der Waals surface area contributed by atoms with Crippen LogP contribution in [-0.4, -0.2) is 35.8 Å². The Bertz CT molecular complexity index is 390. The number of halogens is 1. The van der Waals surface area contributed by atoms with Gasteiger partial charge in [0.25, 0.3) is 0 Å². The second kappa shape index (κ2) is 6.11. The molecule has 0 aliphatic heterocycles. The fraction of sp³-hybridized carbons (Fsp3) is 0.615. The normalized spacial score (nSPS) is 11.7.